The highest BCUT2D eigenvalue weighted by atomic mass is 32.2. The van der Waals surface area contributed by atoms with E-state index in [1.165, 1.54) is 11.8 Å². The summed E-state index contributed by atoms with van der Waals surface area (Å²) in [7, 11) is -3.43. The minimum atomic E-state index is -3.43. The Bertz CT molecular complexity index is 458. The molecule has 1 aromatic carbocycles. The quantitative estimate of drug-likeness (QED) is 0.770. The Morgan fingerprint density at radius 1 is 1.41 bits per heavy atom. The van der Waals surface area contributed by atoms with Crippen molar-refractivity contribution in [3.8, 4) is 0 Å². The predicted octanol–water partition coefficient (Wildman–Crippen LogP) is 1.42. The van der Waals surface area contributed by atoms with Crippen molar-refractivity contribution in [3.63, 3.8) is 0 Å². The first-order chi connectivity index (χ1) is 7.97. The summed E-state index contributed by atoms with van der Waals surface area (Å²) in [5.41, 5.74) is 5.58. The highest BCUT2D eigenvalue weighted by molar-refractivity contribution is 7.99. The number of sulfonamides is 1. The maximum atomic E-state index is 12.0. The molecule has 0 heterocycles. The Morgan fingerprint density at radius 3 is 2.65 bits per heavy atom. The molecule has 1 rings (SSSR count). The van der Waals surface area contributed by atoms with Crippen LogP contribution in [0.25, 0.3) is 0 Å². The standard InChI is InChI=1S/C11H18N2O2S2/c1-9(12)7-8-13-17(14,15)11-6-4-3-5-10(11)16-2/h3-6,9,13H,7-8,12H2,1-2H3. The SMILES string of the molecule is CSc1ccccc1S(=O)(=O)NCCC(C)N. The van der Waals surface area contributed by atoms with Gasteiger partial charge in [-0.15, -0.1) is 11.8 Å². The Morgan fingerprint density at radius 2 is 2.06 bits per heavy atom. The summed E-state index contributed by atoms with van der Waals surface area (Å²) in [6.45, 7) is 2.22. The van der Waals surface area contributed by atoms with E-state index in [2.05, 4.69) is 4.72 Å². The Kier molecular flexibility index (Phi) is 5.45. The lowest BCUT2D eigenvalue weighted by Gasteiger charge is -2.10. The monoisotopic (exact) mass is 274 g/mol. The van der Waals surface area contributed by atoms with Crippen molar-refractivity contribution in [1.29, 1.82) is 0 Å². The molecule has 1 unspecified atom stereocenters. The summed E-state index contributed by atoms with van der Waals surface area (Å²) in [4.78, 5) is 1.08. The number of benzene rings is 1. The van der Waals surface area contributed by atoms with Crippen LogP contribution in [0.4, 0.5) is 0 Å². The van der Waals surface area contributed by atoms with Gasteiger partial charge in [0.25, 0.3) is 0 Å². The van der Waals surface area contributed by atoms with Crippen LogP contribution in [0.1, 0.15) is 13.3 Å². The van der Waals surface area contributed by atoms with Crippen LogP contribution in [0.15, 0.2) is 34.1 Å². The van der Waals surface area contributed by atoms with Crippen molar-refractivity contribution < 1.29 is 8.42 Å². The summed E-state index contributed by atoms with van der Waals surface area (Å²) in [5, 5.41) is 0. The van der Waals surface area contributed by atoms with Crippen LogP contribution in [0.5, 0.6) is 0 Å². The molecule has 0 spiro atoms. The number of hydrogen-bond donors (Lipinski definition) is 2. The summed E-state index contributed by atoms with van der Waals surface area (Å²) in [6, 6.07) is 6.95. The molecular weight excluding hydrogens is 256 g/mol. The van der Waals surface area contributed by atoms with E-state index < -0.39 is 10.0 Å². The third-order valence-corrected chi connectivity index (χ3v) is 4.69. The first kappa shape index (κ1) is 14.5. The first-order valence-electron chi connectivity index (χ1n) is 5.35. The van der Waals surface area contributed by atoms with Crippen molar-refractivity contribution in [2.24, 2.45) is 5.73 Å². The van der Waals surface area contributed by atoms with Gasteiger partial charge in [-0.25, -0.2) is 13.1 Å². The van der Waals surface area contributed by atoms with E-state index in [0.717, 1.165) is 4.90 Å². The fraction of sp³-hybridized carbons (Fsp3) is 0.455. The van der Waals surface area contributed by atoms with E-state index in [1.54, 1.807) is 18.2 Å². The molecule has 17 heavy (non-hydrogen) atoms. The zero-order valence-electron chi connectivity index (χ0n) is 10.0. The molecule has 0 aliphatic carbocycles. The molecule has 6 heteroatoms. The maximum absolute atomic E-state index is 12.0. The molecule has 96 valence electrons. The van der Waals surface area contributed by atoms with Crippen molar-refractivity contribution in [2.45, 2.75) is 29.2 Å². The van der Waals surface area contributed by atoms with Crippen molar-refractivity contribution in [1.82, 2.24) is 4.72 Å². The van der Waals surface area contributed by atoms with Crippen LogP contribution in [-0.2, 0) is 10.0 Å². The van der Waals surface area contributed by atoms with Gasteiger partial charge in [-0.05, 0) is 31.7 Å². The van der Waals surface area contributed by atoms with Gasteiger partial charge in [0.05, 0.1) is 4.90 Å². The third-order valence-electron chi connectivity index (χ3n) is 2.25. The van der Waals surface area contributed by atoms with Crippen LogP contribution in [0, 0.1) is 0 Å². The number of thioether (sulfide) groups is 1. The van der Waals surface area contributed by atoms with Gasteiger partial charge in [0.1, 0.15) is 0 Å². The molecule has 3 N–H and O–H groups in total. The molecule has 0 saturated heterocycles. The van der Waals surface area contributed by atoms with Crippen LogP contribution in [0.3, 0.4) is 0 Å². The number of hydrogen-bond acceptors (Lipinski definition) is 4. The molecule has 4 nitrogen and oxygen atoms in total. The lowest BCUT2D eigenvalue weighted by molar-refractivity contribution is 0.570. The molecular formula is C11H18N2O2S2. The fourth-order valence-corrected chi connectivity index (χ4v) is 3.54. The van der Waals surface area contributed by atoms with E-state index >= 15 is 0 Å². The minimum Gasteiger partial charge on any atom is -0.328 e. The molecule has 0 radical (unpaired) electrons. The summed E-state index contributed by atoms with van der Waals surface area (Å²) in [5.74, 6) is 0. The highest BCUT2D eigenvalue weighted by Gasteiger charge is 2.17. The van der Waals surface area contributed by atoms with Gasteiger partial charge in [-0.1, -0.05) is 12.1 Å². The molecule has 1 aromatic rings. The fourth-order valence-electron chi connectivity index (χ4n) is 1.34. The van der Waals surface area contributed by atoms with Crippen molar-refractivity contribution in [2.75, 3.05) is 12.8 Å². The molecule has 0 fully saturated rings. The second-order valence-corrected chi connectivity index (χ2v) is 6.40. The normalized spacial score (nSPS) is 13.6. The summed E-state index contributed by atoms with van der Waals surface area (Å²) < 4.78 is 26.6. The lowest BCUT2D eigenvalue weighted by atomic mass is 10.3. The Labute approximate surface area is 107 Å². The van der Waals surface area contributed by atoms with Crippen LogP contribution in [-0.4, -0.2) is 27.3 Å². The molecule has 0 amide bonds. The Balaban J connectivity index is 2.82. The van der Waals surface area contributed by atoms with E-state index in [9.17, 15) is 8.42 Å². The first-order valence-corrected chi connectivity index (χ1v) is 8.06. The number of nitrogens with one attached hydrogen (secondary N) is 1. The van der Waals surface area contributed by atoms with Gasteiger partial charge in [0.2, 0.25) is 10.0 Å². The van der Waals surface area contributed by atoms with Crippen molar-refractivity contribution in [3.05, 3.63) is 24.3 Å². The molecule has 1 atom stereocenters. The molecule has 0 saturated carbocycles. The summed E-state index contributed by atoms with van der Waals surface area (Å²) in [6.07, 6.45) is 2.48. The van der Waals surface area contributed by atoms with Crippen LogP contribution in [0.2, 0.25) is 0 Å². The number of nitrogens with two attached hydrogens (primary N) is 1. The number of rotatable bonds is 6. The van der Waals surface area contributed by atoms with E-state index in [0.29, 0.717) is 17.9 Å². The van der Waals surface area contributed by atoms with Crippen LogP contribution < -0.4 is 10.5 Å². The van der Waals surface area contributed by atoms with Gasteiger partial charge in [0.15, 0.2) is 0 Å². The average molecular weight is 274 g/mol. The van der Waals surface area contributed by atoms with Crippen LogP contribution >= 0.6 is 11.8 Å². The lowest BCUT2D eigenvalue weighted by Crippen LogP contribution is -2.29. The van der Waals surface area contributed by atoms with Crippen molar-refractivity contribution >= 4 is 21.8 Å². The van der Waals surface area contributed by atoms with Gasteiger partial charge >= 0.3 is 0 Å². The molecule has 0 aliphatic rings. The predicted molar refractivity (Wildman–Crippen MR) is 71.7 cm³/mol. The maximum Gasteiger partial charge on any atom is 0.241 e. The smallest absolute Gasteiger partial charge is 0.241 e. The highest BCUT2D eigenvalue weighted by Crippen LogP contribution is 2.23. The minimum absolute atomic E-state index is 0.00602. The zero-order valence-corrected chi connectivity index (χ0v) is 11.6. The largest absolute Gasteiger partial charge is 0.328 e. The zero-order chi connectivity index (χ0) is 12.9. The van der Waals surface area contributed by atoms with E-state index in [-0.39, 0.29) is 6.04 Å². The topological polar surface area (TPSA) is 72.2 Å². The second kappa shape index (κ2) is 6.39. The molecule has 0 aromatic heterocycles. The third kappa shape index (κ3) is 4.31. The molecule has 0 bridgehead atoms. The van der Waals surface area contributed by atoms with Gasteiger partial charge in [0, 0.05) is 17.5 Å². The van der Waals surface area contributed by atoms with Gasteiger partial charge in [-0.2, -0.15) is 0 Å². The van der Waals surface area contributed by atoms with Gasteiger partial charge < -0.3 is 5.73 Å². The second-order valence-electron chi connectivity index (χ2n) is 3.81. The average Bonchev–Trinajstić information content (AvgIpc) is 2.28. The van der Waals surface area contributed by atoms with E-state index in [4.69, 9.17) is 5.73 Å². The summed E-state index contributed by atoms with van der Waals surface area (Å²) >= 11 is 1.42. The molecule has 0 aliphatic heterocycles. The van der Waals surface area contributed by atoms with Gasteiger partial charge in [-0.3, -0.25) is 0 Å². The van der Waals surface area contributed by atoms with E-state index in [1.807, 2.05) is 19.2 Å². The Hall–Kier alpha value is -0.560.